The van der Waals surface area contributed by atoms with E-state index in [4.69, 9.17) is 0 Å². The third-order valence-electron chi connectivity index (χ3n) is 7.57. The first kappa shape index (κ1) is 32.9. The molecule has 1 aliphatic heterocycles. The van der Waals surface area contributed by atoms with Crippen LogP contribution in [0.3, 0.4) is 0 Å². The Kier molecular flexibility index (Phi) is 9.34. The summed E-state index contributed by atoms with van der Waals surface area (Å²) >= 11 is 0.792. The second-order valence-electron chi connectivity index (χ2n) is 10.9. The molecule has 1 saturated heterocycles. The Morgan fingerprint density at radius 1 is 1.00 bits per heavy atom. The zero-order valence-corrected chi connectivity index (χ0v) is 26.5. The molecule has 4 aromatic rings. The summed E-state index contributed by atoms with van der Waals surface area (Å²) in [5.74, 6) is -0.963. The van der Waals surface area contributed by atoms with E-state index in [0.29, 0.717) is 18.7 Å². The molecular formula is C33H29F3N4O4S2. The van der Waals surface area contributed by atoms with Gasteiger partial charge in [-0.25, -0.2) is 8.42 Å². The highest BCUT2D eigenvalue weighted by Crippen LogP contribution is 2.30. The van der Waals surface area contributed by atoms with Crippen LogP contribution in [0.15, 0.2) is 76.4 Å². The van der Waals surface area contributed by atoms with E-state index < -0.39 is 38.8 Å². The zero-order valence-electron chi connectivity index (χ0n) is 24.9. The maximum absolute atomic E-state index is 13.8. The number of alkyl halides is 3. The number of hydrogen-bond acceptors (Lipinski definition) is 6. The van der Waals surface area contributed by atoms with E-state index in [9.17, 15) is 36.4 Å². The van der Waals surface area contributed by atoms with E-state index in [0.717, 1.165) is 64.5 Å². The van der Waals surface area contributed by atoms with Gasteiger partial charge in [-0.2, -0.15) is 22.7 Å². The number of nitriles is 1. The summed E-state index contributed by atoms with van der Waals surface area (Å²) in [4.78, 5) is 27.3. The number of rotatable bonds is 6. The van der Waals surface area contributed by atoms with E-state index in [2.05, 4.69) is 5.32 Å². The van der Waals surface area contributed by atoms with Gasteiger partial charge in [0.15, 0.2) is 5.57 Å². The number of amides is 1. The van der Waals surface area contributed by atoms with Crippen LogP contribution in [-0.2, 0) is 21.0 Å². The molecule has 8 nitrogen and oxygen atoms in total. The summed E-state index contributed by atoms with van der Waals surface area (Å²) in [5.41, 5.74) is 0.0935. The lowest BCUT2D eigenvalue weighted by atomic mass is 10.1. The number of carbonyl (C=O) groups is 1. The van der Waals surface area contributed by atoms with Crippen molar-refractivity contribution in [2.24, 2.45) is 0 Å². The van der Waals surface area contributed by atoms with Crippen LogP contribution in [0.2, 0.25) is 0 Å². The molecule has 0 spiro atoms. The molecule has 0 unspecified atom stereocenters. The van der Waals surface area contributed by atoms with Crippen molar-refractivity contribution < 1.29 is 26.4 Å². The van der Waals surface area contributed by atoms with E-state index in [1.165, 1.54) is 34.6 Å². The molecule has 5 rings (SSSR count). The van der Waals surface area contributed by atoms with Crippen LogP contribution in [0.1, 0.15) is 41.5 Å². The van der Waals surface area contributed by atoms with E-state index >= 15 is 0 Å². The van der Waals surface area contributed by atoms with E-state index in [1.807, 2.05) is 38.1 Å². The van der Waals surface area contributed by atoms with Gasteiger partial charge in [0.05, 0.1) is 20.7 Å². The summed E-state index contributed by atoms with van der Waals surface area (Å²) in [6.45, 7) is 4.48. The van der Waals surface area contributed by atoms with Crippen molar-refractivity contribution in [3.05, 3.63) is 109 Å². The summed E-state index contributed by atoms with van der Waals surface area (Å²) in [6.07, 6.45) is -0.707. The number of piperidine rings is 1. The first-order chi connectivity index (χ1) is 21.8. The van der Waals surface area contributed by atoms with Crippen LogP contribution < -0.4 is 20.1 Å². The average molecular weight is 667 g/mol. The number of nitrogens with zero attached hydrogens (tertiary/aromatic N) is 3. The number of aromatic nitrogens is 1. The predicted molar refractivity (Wildman–Crippen MR) is 170 cm³/mol. The van der Waals surface area contributed by atoms with Gasteiger partial charge in [-0.15, -0.1) is 11.3 Å². The predicted octanol–water partition coefficient (Wildman–Crippen LogP) is 4.85. The molecule has 0 atom stereocenters. The van der Waals surface area contributed by atoms with Gasteiger partial charge in [-0.1, -0.05) is 42.3 Å². The van der Waals surface area contributed by atoms with Gasteiger partial charge < -0.3 is 5.32 Å². The SMILES string of the molecule is Cc1ccc(C)c(/C=c2\s/c(=C(/C#N)C(=O)Nc3cccc(S(=O)(=O)N4CCCCC4)c3)n(-c3cccc(C(F)(F)F)c3)c2=O)c1. The Morgan fingerprint density at radius 3 is 2.41 bits per heavy atom. The maximum Gasteiger partial charge on any atom is 0.416 e. The molecule has 2 heterocycles. The van der Waals surface area contributed by atoms with Gasteiger partial charge in [0.25, 0.3) is 11.5 Å². The van der Waals surface area contributed by atoms with Crippen molar-refractivity contribution in [3.63, 3.8) is 0 Å². The van der Waals surface area contributed by atoms with Crippen molar-refractivity contribution in [1.29, 1.82) is 5.26 Å². The topological polar surface area (TPSA) is 112 Å². The van der Waals surface area contributed by atoms with Gasteiger partial charge in [0.1, 0.15) is 10.7 Å². The Hall–Kier alpha value is -4.51. The molecule has 1 amide bonds. The Balaban J connectivity index is 1.66. The van der Waals surface area contributed by atoms with Crippen molar-refractivity contribution >= 4 is 44.6 Å². The molecule has 3 aromatic carbocycles. The lowest BCUT2D eigenvalue weighted by Gasteiger charge is -2.26. The minimum Gasteiger partial charge on any atom is -0.321 e. The molecule has 0 saturated carbocycles. The quantitative estimate of drug-likeness (QED) is 0.316. The van der Waals surface area contributed by atoms with E-state index in [1.54, 1.807) is 6.08 Å². The number of benzene rings is 3. The Morgan fingerprint density at radius 2 is 1.72 bits per heavy atom. The number of anilines is 1. The van der Waals surface area contributed by atoms with Crippen LogP contribution in [0.25, 0.3) is 17.3 Å². The first-order valence-electron chi connectivity index (χ1n) is 14.3. The molecule has 1 fully saturated rings. The van der Waals surface area contributed by atoms with Crippen molar-refractivity contribution in [3.8, 4) is 11.8 Å². The minimum atomic E-state index is -4.71. The number of sulfonamides is 1. The summed E-state index contributed by atoms with van der Waals surface area (Å²) in [5, 5.41) is 12.7. The molecule has 1 aromatic heterocycles. The minimum absolute atomic E-state index is 0.0342. The zero-order chi connectivity index (χ0) is 33.2. The standard InChI is InChI=1S/C33H29F3N4O4S2/c1-21-12-13-22(2)23(16-21)17-29-31(42)40(26-10-6-8-24(18-26)33(34,35)36)32(45-29)28(20-37)30(41)38-25-9-7-11-27(19-25)46(43,44)39-14-4-3-5-15-39/h6-13,16-19H,3-5,14-15H2,1-2H3,(H,38,41)/b29-17-,32-28-. The van der Waals surface area contributed by atoms with E-state index in [-0.39, 0.29) is 25.5 Å². The molecule has 13 heteroatoms. The normalized spacial score (nSPS) is 15.3. The lowest BCUT2D eigenvalue weighted by Crippen LogP contribution is -2.35. The highest BCUT2D eigenvalue weighted by Gasteiger charge is 2.31. The van der Waals surface area contributed by atoms with Crippen LogP contribution in [0, 0.1) is 25.2 Å². The smallest absolute Gasteiger partial charge is 0.321 e. The fraction of sp³-hybridized carbons (Fsp3) is 0.242. The second-order valence-corrected chi connectivity index (χ2v) is 13.9. The number of nitrogens with one attached hydrogen (secondary N) is 1. The fourth-order valence-corrected chi connectivity index (χ4v) is 7.80. The molecule has 0 radical (unpaired) electrons. The molecule has 0 bridgehead atoms. The van der Waals surface area contributed by atoms with Crippen LogP contribution in [0.5, 0.6) is 0 Å². The molecule has 0 aliphatic carbocycles. The lowest BCUT2D eigenvalue weighted by molar-refractivity contribution is -0.137. The highest BCUT2D eigenvalue weighted by atomic mass is 32.2. The van der Waals surface area contributed by atoms with Crippen molar-refractivity contribution in [2.45, 2.75) is 44.2 Å². The average Bonchev–Trinajstić information content (AvgIpc) is 3.34. The van der Waals surface area contributed by atoms with Gasteiger partial charge >= 0.3 is 6.18 Å². The largest absolute Gasteiger partial charge is 0.416 e. The molecule has 238 valence electrons. The number of thiazole rings is 1. The van der Waals surface area contributed by atoms with Gasteiger partial charge in [0, 0.05) is 18.8 Å². The van der Waals surface area contributed by atoms with Gasteiger partial charge in [0.2, 0.25) is 10.0 Å². The van der Waals surface area contributed by atoms with Crippen molar-refractivity contribution in [1.82, 2.24) is 8.87 Å². The Labute approximate surface area is 267 Å². The molecule has 46 heavy (non-hydrogen) atoms. The number of carbonyl (C=O) groups excluding carboxylic acids is 1. The van der Waals surface area contributed by atoms with Crippen LogP contribution in [0.4, 0.5) is 18.9 Å². The van der Waals surface area contributed by atoms with Crippen LogP contribution >= 0.6 is 11.3 Å². The van der Waals surface area contributed by atoms with Gasteiger partial charge in [-0.05, 0) is 80.3 Å². The summed E-state index contributed by atoms with van der Waals surface area (Å²) in [6, 6.07) is 17.1. The third kappa shape index (κ3) is 6.84. The van der Waals surface area contributed by atoms with Crippen molar-refractivity contribution in [2.75, 3.05) is 18.4 Å². The summed E-state index contributed by atoms with van der Waals surface area (Å²) < 4.78 is 69.5. The summed E-state index contributed by atoms with van der Waals surface area (Å²) in [7, 11) is -3.83. The van der Waals surface area contributed by atoms with Gasteiger partial charge in [-0.3, -0.25) is 14.2 Å². The number of aryl methyl sites for hydroxylation is 2. The first-order valence-corrected chi connectivity index (χ1v) is 16.6. The molecule has 1 aliphatic rings. The monoisotopic (exact) mass is 666 g/mol. The second kappa shape index (κ2) is 13.1. The number of halogens is 3. The Bertz CT molecular complexity index is 2160. The van der Waals surface area contributed by atoms with Crippen LogP contribution in [-0.4, -0.2) is 36.3 Å². The fourth-order valence-electron chi connectivity index (χ4n) is 5.14. The molecule has 1 N–H and O–H groups in total. The highest BCUT2D eigenvalue weighted by molar-refractivity contribution is 7.89. The molecular weight excluding hydrogens is 638 g/mol. The third-order valence-corrected chi connectivity index (χ3v) is 10.6. The maximum atomic E-state index is 13.8. The number of hydrogen-bond donors (Lipinski definition) is 1.